The molecule has 7 nitrogen and oxygen atoms in total. The molecule has 3 N–H and O–H groups in total. The first-order chi connectivity index (χ1) is 9.39. The second-order valence-corrected chi connectivity index (χ2v) is 8.50. The molecule has 0 amide bonds. The van der Waals surface area contributed by atoms with Gasteiger partial charge in [-0.25, -0.2) is 21.2 Å². The highest BCUT2D eigenvalue weighted by Crippen LogP contribution is 2.23. The molecule has 0 aliphatic heterocycles. The Morgan fingerprint density at radius 1 is 1.33 bits per heavy atom. The van der Waals surface area contributed by atoms with Gasteiger partial charge in [0.1, 0.15) is 16.5 Å². The molecular formula is C11H16FN3O4S2. The van der Waals surface area contributed by atoms with E-state index in [1.807, 2.05) is 0 Å². The molecule has 118 valence electrons. The van der Waals surface area contributed by atoms with Crippen LogP contribution < -0.4 is 5.73 Å². The summed E-state index contributed by atoms with van der Waals surface area (Å²) < 4.78 is 62.0. The molecule has 0 aliphatic rings. The minimum Gasteiger partial charge on any atom is -0.386 e. The van der Waals surface area contributed by atoms with E-state index in [2.05, 4.69) is 0 Å². The molecule has 0 fully saturated rings. The topological polar surface area (TPSA) is 121 Å². The molecule has 1 aromatic rings. The third-order valence-electron chi connectivity index (χ3n) is 2.98. The van der Waals surface area contributed by atoms with Crippen molar-refractivity contribution in [2.45, 2.75) is 22.8 Å². The molecule has 0 aliphatic carbocycles. The Bertz CT molecular complexity index is 775. The van der Waals surface area contributed by atoms with Crippen LogP contribution in [-0.4, -0.2) is 46.3 Å². The second-order valence-electron chi connectivity index (χ2n) is 4.52. The van der Waals surface area contributed by atoms with Crippen LogP contribution in [-0.2, 0) is 19.9 Å². The molecule has 0 spiro atoms. The summed E-state index contributed by atoms with van der Waals surface area (Å²) in [7, 11) is -6.87. The zero-order chi connectivity index (χ0) is 16.6. The fraction of sp³-hybridized carbons (Fsp3) is 0.364. The zero-order valence-corrected chi connectivity index (χ0v) is 13.3. The zero-order valence-electron chi connectivity index (χ0n) is 11.7. The largest absolute Gasteiger partial charge is 0.386 e. The number of halogens is 1. The molecule has 0 aromatic heterocycles. The predicted octanol–water partition coefficient (Wildman–Crippen LogP) is 0.174. The first-order valence-corrected chi connectivity index (χ1v) is 9.03. The van der Waals surface area contributed by atoms with Gasteiger partial charge in [0.15, 0.2) is 9.84 Å². The number of likely N-dealkylation sites (N-methyl/N-ethyl adjacent to an activating group) is 1. The van der Waals surface area contributed by atoms with Crippen LogP contribution in [0.4, 0.5) is 4.39 Å². The van der Waals surface area contributed by atoms with Crippen LogP contribution in [0.1, 0.15) is 6.92 Å². The molecule has 0 bridgehead atoms. The Hall–Kier alpha value is -1.52. The van der Waals surface area contributed by atoms with Crippen molar-refractivity contribution in [3.63, 3.8) is 0 Å². The van der Waals surface area contributed by atoms with Crippen LogP contribution in [0.5, 0.6) is 0 Å². The average Bonchev–Trinajstić information content (AvgIpc) is 2.35. The predicted molar refractivity (Wildman–Crippen MR) is 75.8 cm³/mol. The number of amidine groups is 1. The first-order valence-electron chi connectivity index (χ1n) is 5.70. The van der Waals surface area contributed by atoms with Gasteiger partial charge < -0.3 is 5.73 Å². The summed E-state index contributed by atoms with van der Waals surface area (Å²) in [4.78, 5) is -1.09. The highest BCUT2D eigenvalue weighted by molar-refractivity contribution is 7.91. The molecule has 1 rings (SSSR count). The van der Waals surface area contributed by atoms with Crippen LogP contribution >= 0.6 is 0 Å². The third-order valence-corrected chi connectivity index (χ3v) is 6.04. The summed E-state index contributed by atoms with van der Waals surface area (Å²) in [5.41, 5.74) is 5.24. The van der Waals surface area contributed by atoms with Crippen molar-refractivity contribution in [3.8, 4) is 0 Å². The molecule has 10 heteroatoms. The van der Waals surface area contributed by atoms with Crippen molar-refractivity contribution >= 4 is 25.7 Å². The van der Waals surface area contributed by atoms with Gasteiger partial charge in [0.05, 0.1) is 10.9 Å². The van der Waals surface area contributed by atoms with Gasteiger partial charge in [-0.15, -0.1) is 0 Å². The summed E-state index contributed by atoms with van der Waals surface area (Å²) >= 11 is 0. The molecule has 1 atom stereocenters. The Balaban J connectivity index is 3.48. The SMILES string of the molecule is CC(C(=N)N)N(C)S(=O)(=O)c1cc(S(C)(=O)=O)ccc1F. The van der Waals surface area contributed by atoms with Gasteiger partial charge >= 0.3 is 0 Å². The normalized spacial score (nSPS) is 14.1. The van der Waals surface area contributed by atoms with E-state index in [1.165, 1.54) is 6.92 Å². The van der Waals surface area contributed by atoms with Gasteiger partial charge in [-0.05, 0) is 25.1 Å². The summed E-state index contributed by atoms with van der Waals surface area (Å²) in [5.74, 6) is -1.49. The standard InChI is InChI=1S/C11H16FN3O4S2/c1-7(11(13)14)15(2)21(18,19)10-6-8(20(3,16)17)4-5-9(10)12/h4-7H,1-3H3,(H3,13,14). The van der Waals surface area contributed by atoms with Crippen molar-refractivity contribution in [3.05, 3.63) is 24.0 Å². The van der Waals surface area contributed by atoms with Gasteiger partial charge in [-0.1, -0.05) is 0 Å². The van der Waals surface area contributed by atoms with E-state index < -0.39 is 42.5 Å². The lowest BCUT2D eigenvalue weighted by Crippen LogP contribution is -2.43. The number of benzene rings is 1. The molecule has 0 saturated heterocycles. The number of nitrogens with one attached hydrogen (secondary N) is 1. The monoisotopic (exact) mass is 337 g/mol. The Kier molecular flexibility index (Phi) is 4.76. The van der Waals surface area contributed by atoms with Gasteiger partial charge in [0, 0.05) is 13.3 Å². The minimum absolute atomic E-state index is 0.314. The number of hydrogen-bond acceptors (Lipinski definition) is 5. The summed E-state index contributed by atoms with van der Waals surface area (Å²) in [5, 5.41) is 7.25. The molecule has 21 heavy (non-hydrogen) atoms. The number of sulfonamides is 1. The van der Waals surface area contributed by atoms with Gasteiger partial charge in [0.25, 0.3) is 0 Å². The quantitative estimate of drug-likeness (QED) is 0.451. The smallest absolute Gasteiger partial charge is 0.246 e. The van der Waals surface area contributed by atoms with E-state index in [9.17, 15) is 21.2 Å². The lowest BCUT2D eigenvalue weighted by Gasteiger charge is -2.23. The lowest BCUT2D eigenvalue weighted by molar-refractivity contribution is 0.442. The fourth-order valence-electron chi connectivity index (χ4n) is 1.47. The third kappa shape index (κ3) is 3.57. The number of nitrogens with zero attached hydrogens (tertiary/aromatic N) is 1. The van der Waals surface area contributed by atoms with Gasteiger partial charge in [0.2, 0.25) is 10.0 Å². The molecule has 1 unspecified atom stereocenters. The van der Waals surface area contributed by atoms with Crippen molar-refractivity contribution < 1.29 is 21.2 Å². The Morgan fingerprint density at radius 2 is 1.86 bits per heavy atom. The van der Waals surface area contributed by atoms with Crippen LogP contribution in [0, 0.1) is 11.2 Å². The maximum absolute atomic E-state index is 13.8. The first kappa shape index (κ1) is 17.5. The van der Waals surface area contributed by atoms with Crippen molar-refractivity contribution in [2.75, 3.05) is 13.3 Å². The van der Waals surface area contributed by atoms with E-state index in [0.717, 1.165) is 31.5 Å². The van der Waals surface area contributed by atoms with Crippen molar-refractivity contribution in [1.82, 2.24) is 4.31 Å². The van der Waals surface area contributed by atoms with Crippen molar-refractivity contribution in [1.29, 1.82) is 5.41 Å². The average molecular weight is 337 g/mol. The van der Waals surface area contributed by atoms with Gasteiger partial charge in [-0.2, -0.15) is 4.31 Å². The molecule has 0 radical (unpaired) electrons. The van der Waals surface area contributed by atoms with Crippen molar-refractivity contribution in [2.24, 2.45) is 5.73 Å². The molecule has 0 saturated carbocycles. The summed E-state index contributed by atoms with van der Waals surface area (Å²) in [6.07, 6.45) is 0.887. The molecule has 1 aromatic carbocycles. The van der Waals surface area contributed by atoms with Gasteiger partial charge in [-0.3, -0.25) is 5.41 Å². The highest BCUT2D eigenvalue weighted by Gasteiger charge is 2.30. The Morgan fingerprint density at radius 3 is 2.29 bits per heavy atom. The summed E-state index contributed by atoms with van der Waals surface area (Å²) in [6, 6.07) is 1.52. The fourth-order valence-corrected chi connectivity index (χ4v) is 3.62. The number of sulfone groups is 1. The molecule has 0 heterocycles. The van der Waals surface area contributed by atoms with Crippen LogP contribution in [0.25, 0.3) is 0 Å². The van der Waals surface area contributed by atoms with E-state index in [-0.39, 0.29) is 4.90 Å². The van der Waals surface area contributed by atoms with E-state index >= 15 is 0 Å². The minimum atomic E-state index is -4.32. The highest BCUT2D eigenvalue weighted by atomic mass is 32.2. The number of hydrogen-bond donors (Lipinski definition) is 2. The van der Waals surface area contributed by atoms with E-state index in [4.69, 9.17) is 11.1 Å². The van der Waals surface area contributed by atoms with E-state index in [1.54, 1.807) is 0 Å². The number of nitrogens with two attached hydrogens (primary N) is 1. The maximum Gasteiger partial charge on any atom is 0.246 e. The van der Waals surface area contributed by atoms with Crippen LogP contribution in [0.2, 0.25) is 0 Å². The lowest BCUT2D eigenvalue weighted by atomic mass is 10.3. The van der Waals surface area contributed by atoms with E-state index in [0.29, 0.717) is 4.31 Å². The number of rotatable bonds is 5. The molecular weight excluding hydrogens is 321 g/mol. The maximum atomic E-state index is 13.8. The van der Waals surface area contributed by atoms with Crippen LogP contribution in [0.3, 0.4) is 0 Å². The Labute approximate surface area is 123 Å². The summed E-state index contributed by atoms with van der Waals surface area (Å²) in [6.45, 7) is 1.36. The van der Waals surface area contributed by atoms with Crippen LogP contribution in [0.15, 0.2) is 28.0 Å². The second kappa shape index (κ2) is 5.70.